The summed E-state index contributed by atoms with van der Waals surface area (Å²) in [4.78, 5) is 0. The Balaban J connectivity index is -0.000000325. The Morgan fingerprint density at radius 3 is 1.30 bits per heavy atom. The van der Waals surface area contributed by atoms with E-state index in [1.165, 1.54) is 30.8 Å². The average molecular weight is 580 g/mol. The number of hydrogen-bond donors (Lipinski definition) is 0. The van der Waals surface area contributed by atoms with Crippen molar-refractivity contribution < 1.29 is 24.4 Å². The average Bonchev–Trinajstić information content (AvgIpc) is 3.24. The van der Waals surface area contributed by atoms with Crippen molar-refractivity contribution >= 4 is 0 Å². The van der Waals surface area contributed by atoms with Gasteiger partial charge in [-0.15, -0.1) is 39.4 Å². The van der Waals surface area contributed by atoms with Gasteiger partial charge in [0.15, 0.2) is 0 Å². The van der Waals surface area contributed by atoms with Crippen molar-refractivity contribution in [2.45, 2.75) is 65.7 Å². The molecule has 0 aromatic carbocycles. The molecule has 0 aromatic rings. The summed E-state index contributed by atoms with van der Waals surface area (Å²) in [6, 6.07) is 0. The van der Waals surface area contributed by atoms with Crippen molar-refractivity contribution in [2.24, 2.45) is 0 Å². The normalized spacial score (nSPS) is 11.0. The molecule has 0 fully saturated rings. The van der Waals surface area contributed by atoms with Crippen molar-refractivity contribution in [2.75, 3.05) is 39.3 Å². The van der Waals surface area contributed by atoms with Gasteiger partial charge in [0.25, 0.3) is 0 Å². The molecule has 170 valence electrons. The molecule has 0 heterocycles. The zero-order valence-electron chi connectivity index (χ0n) is 20.1. The Morgan fingerprint density at radius 1 is 0.767 bits per heavy atom. The quantitative estimate of drug-likeness (QED) is 0.106. The molecule has 1 aliphatic carbocycles. The van der Waals surface area contributed by atoms with Gasteiger partial charge in [0.1, 0.15) is 0 Å². The predicted molar refractivity (Wildman–Crippen MR) is 136 cm³/mol. The van der Waals surface area contributed by atoms with Crippen LogP contribution < -0.4 is 0 Å². The van der Waals surface area contributed by atoms with Crippen LogP contribution >= 0.6 is 0 Å². The summed E-state index contributed by atoms with van der Waals surface area (Å²) in [7, 11) is 0. The second-order valence-electron chi connectivity index (χ2n) is 6.41. The third-order valence-corrected chi connectivity index (χ3v) is 4.95. The van der Waals surface area contributed by atoms with Crippen LogP contribution in [0, 0.1) is 0 Å². The van der Waals surface area contributed by atoms with Crippen molar-refractivity contribution in [3.8, 4) is 0 Å². The third kappa shape index (κ3) is 41.7. The van der Waals surface area contributed by atoms with Gasteiger partial charge >= 0.3 is 52.4 Å². The topological polar surface area (TPSA) is 42.3 Å². The molecule has 0 spiro atoms. The van der Waals surface area contributed by atoms with Gasteiger partial charge in [-0.05, 0) is 19.3 Å². The summed E-state index contributed by atoms with van der Waals surface area (Å²) < 4.78 is 1.61. The van der Waals surface area contributed by atoms with Gasteiger partial charge in [-0.25, -0.2) is 0 Å². The molecule has 0 unspecified atom stereocenters. The van der Waals surface area contributed by atoms with Crippen molar-refractivity contribution in [3.05, 3.63) is 75.5 Å². The van der Waals surface area contributed by atoms with E-state index in [2.05, 4.69) is 74.7 Å². The van der Waals surface area contributed by atoms with E-state index in [4.69, 9.17) is 0 Å². The van der Waals surface area contributed by atoms with Crippen molar-refractivity contribution in [1.82, 2.24) is 0 Å². The van der Waals surface area contributed by atoms with Gasteiger partial charge in [-0.2, -0.15) is 19.6 Å². The van der Waals surface area contributed by atoms with Gasteiger partial charge < -0.3 is 16.0 Å². The number of nitrogens with zero attached hydrogens (tertiary/aromatic N) is 3. The Labute approximate surface area is 204 Å². The zero-order chi connectivity index (χ0) is 23.1. The molecular weight excluding hydrogens is 533 g/mol. The third-order valence-electron chi connectivity index (χ3n) is 3.62. The van der Waals surface area contributed by atoms with E-state index in [-0.39, 0.29) is 0 Å². The van der Waals surface area contributed by atoms with Gasteiger partial charge in [-0.3, -0.25) is 0 Å². The van der Waals surface area contributed by atoms with Crippen LogP contribution in [0.1, 0.15) is 65.7 Å². The molecule has 0 aliphatic heterocycles. The maximum atomic E-state index is 4.16. The molecule has 0 amide bonds. The molecule has 3 nitrogen and oxygen atoms in total. The molecule has 0 saturated carbocycles. The number of allylic oxidation sites excluding steroid dienone is 7. The molecule has 0 aromatic heterocycles. The van der Waals surface area contributed by atoms with Crippen LogP contribution in [0.25, 0.3) is 16.0 Å². The summed E-state index contributed by atoms with van der Waals surface area (Å²) in [5.41, 5.74) is 0. The standard InChI is InChI=1S/3C7H14N.C5H5.Hf/c3*1-3-5-6-7-8-4-2;1-2-4-5-3-1;/h3*3H,1,4-7H2,2H3;1-3H,4H2;/q3*-1;;+3. The van der Waals surface area contributed by atoms with Gasteiger partial charge in [0, 0.05) is 0 Å². The molecule has 1 rings (SSSR count). The number of hydrogen-bond acceptors (Lipinski definition) is 0. The molecule has 0 N–H and O–H groups in total. The van der Waals surface area contributed by atoms with Crippen LogP contribution in [0.3, 0.4) is 0 Å². The van der Waals surface area contributed by atoms with Crippen LogP contribution in [0.2, 0.25) is 0 Å². The van der Waals surface area contributed by atoms with E-state index in [9.17, 15) is 0 Å². The Kier molecular flexibility index (Phi) is 40.7. The van der Waals surface area contributed by atoms with Crippen molar-refractivity contribution in [1.29, 1.82) is 0 Å². The van der Waals surface area contributed by atoms with Crippen LogP contribution in [-0.4, -0.2) is 39.3 Å². The molecule has 0 radical (unpaired) electrons. The Morgan fingerprint density at radius 2 is 1.13 bits per heavy atom. The number of unbranched alkanes of at least 4 members (excludes halogenated alkanes) is 3. The van der Waals surface area contributed by atoms with Crippen LogP contribution in [0.5, 0.6) is 0 Å². The second-order valence-corrected chi connectivity index (χ2v) is 8.71. The van der Waals surface area contributed by atoms with E-state index in [1.807, 2.05) is 18.2 Å². The van der Waals surface area contributed by atoms with E-state index < -0.39 is 0 Å². The summed E-state index contributed by atoms with van der Waals surface area (Å²) in [5, 5.41) is 12.5. The fraction of sp³-hybridized carbons (Fsp3) is 0.615. The van der Waals surface area contributed by atoms with E-state index in [0.717, 1.165) is 77.8 Å². The molecule has 0 saturated heterocycles. The Bertz CT molecular complexity index is 365. The predicted octanol–water partition coefficient (Wildman–Crippen LogP) is 8.42. The fourth-order valence-corrected chi connectivity index (χ4v) is 2.73. The Hall–Kier alpha value is -0.550. The van der Waals surface area contributed by atoms with Crippen LogP contribution in [0.4, 0.5) is 0 Å². The van der Waals surface area contributed by atoms with Gasteiger partial charge in [-0.1, -0.05) is 58.3 Å². The summed E-state index contributed by atoms with van der Waals surface area (Å²) in [5.74, 6) is 0. The second kappa shape index (κ2) is 35.9. The SMILES string of the molecule is C=CCCC[N-]CC.C=CCCC[N-]CC.C=CCCC[N-]CC.[Hf+3][C]1=CC=CC1. The molecule has 4 heteroatoms. The zero-order valence-corrected chi connectivity index (χ0v) is 23.7. The first-order valence-corrected chi connectivity index (χ1v) is 13.2. The van der Waals surface area contributed by atoms with Crippen LogP contribution in [-0.2, 0) is 24.4 Å². The molecule has 30 heavy (non-hydrogen) atoms. The van der Waals surface area contributed by atoms with E-state index in [1.54, 1.807) is 3.33 Å². The first-order chi connectivity index (χ1) is 14.6. The molecule has 0 bridgehead atoms. The number of rotatable bonds is 15. The molecule has 1 aliphatic rings. The minimum atomic E-state index is 0.955. The maximum absolute atomic E-state index is 4.16. The fourth-order valence-electron chi connectivity index (χ4n) is 1.96. The summed E-state index contributed by atoms with van der Waals surface area (Å²) in [6.07, 6.45) is 20.4. The van der Waals surface area contributed by atoms with E-state index >= 15 is 0 Å². The van der Waals surface area contributed by atoms with Crippen LogP contribution in [0.15, 0.2) is 59.5 Å². The minimum absolute atomic E-state index is 0.955. The first-order valence-electron chi connectivity index (χ1n) is 11.4. The van der Waals surface area contributed by atoms with E-state index in [0.29, 0.717) is 0 Å². The van der Waals surface area contributed by atoms with Gasteiger partial charge in [0.05, 0.1) is 0 Å². The van der Waals surface area contributed by atoms with Crippen molar-refractivity contribution in [3.63, 3.8) is 0 Å². The van der Waals surface area contributed by atoms with Gasteiger partial charge in [0.2, 0.25) is 0 Å². The molecular formula is C26H47HfN3. The first kappa shape index (κ1) is 34.1. The summed E-state index contributed by atoms with van der Waals surface area (Å²) in [6.45, 7) is 22.9. The summed E-state index contributed by atoms with van der Waals surface area (Å²) >= 11 is 1.25. The monoisotopic (exact) mass is 581 g/mol. The molecule has 0 atom stereocenters.